The number of benzene rings is 1. The van der Waals surface area contributed by atoms with Gasteiger partial charge in [0, 0.05) is 11.6 Å². The number of hydrogen-bond acceptors (Lipinski definition) is 1. The van der Waals surface area contributed by atoms with Crippen LogP contribution in [0.1, 0.15) is 5.56 Å². The third kappa shape index (κ3) is 2.53. The second-order valence-electron chi connectivity index (χ2n) is 3.49. The Kier molecular flexibility index (Phi) is 2.93. The van der Waals surface area contributed by atoms with E-state index in [0.717, 1.165) is 0 Å². The summed E-state index contributed by atoms with van der Waals surface area (Å²) in [5.41, 5.74) is 1.82. The average molecular weight is 195 g/mol. The van der Waals surface area contributed by atoms with E-state index < -0.39 is 0 Å². The molecule has 15 heavy (non-hydrogen) atoms. The molecule has 0 heterocycles. The van der Waals surface area contributed by atoms with Crippen molar-refractivity contribution in [3.63, 3.8) is 0 Å². The first-order chi connectivity index (χ1) is 7.36. The van der Waals surface area contributed by atoms with Gasteiger partial charge < -0.3 is 5.41 Å². The molecule has 0 radical (unpaired) electrons. The van der Waals surface area contributed by atoms with Gasteiger partial charge in [-0.25, -0.2) is 0 Å². The van der Waals surface area contributed by atoms with E-state index in [4.69, 9.17) is 5.41 Å². The Labute approximate surface area is 90.0 Å². The van der Waals surface area contributed by atoms with Gasteiger partial charge in [0.05, 0.1) is 0 Å². The Balaban J connectivity index is 2.09. The molecule has 1 atom stereocenters. The highest BCUT2D eigenvalue weighted by Gasteiger charge is 2.06. The van der Waals surface area contributed by atoms with Gasteiger partial charge in [-0.1, -0.05) is 60.7 Å². The second-order valence-corrected chi connectivity index (χ2v) is 3.49. The van der Waals surface area contributed by atoms with Crippen molar-refractivity contribution in [3.05, 3.63) is 66.3 Å². The molecule has 1 aromatic carbocycles. The van der Waals surface area contributed by atoms with E-state index in [-0.39, 0.29) is 5.92 Å². The topological polar surface area (TPSA) is 23.9 Å². The minimum absolute atomic E-state index is 0.121. The van der Waals surface area contributed by atoms with Crippen LogP contribution in [0, 0.1) is 11.3 Å². The van der Waals surface area contributed by atoms with Crippen LogP contribution in [0.3, 0.4) is 0 Å². The summed E-state index contributed by atoms with van der Waals surface area (Å²) in [4.78, 5) is 0. The molecular weight excluding hydrogens is 182 g/mol. The van der Waals surface area contributed by atoms with Crippen LogP contribution >= 0.6 is 0 Å². The lowest BCUT2D eigenvalue weighted by atomic mass is 9.97. The van der Waals surface area contributed by atoms with Crippen molar-refractivity contribution in [3.8, 4) is 0 Å². The maximum atomic E-state index is 7.72. The Hall–Kier alpha value is -1.89. The lowest BCUT2D eigenvalue weighted by Crippen LogP contribution is -2.07. The summed E-state index contributed by atoms with van der Waals surface area (Å²) in [5.74, 6) is 0.121. The summed E-state index contributed by atoms with van der Waals surface area (Å²) >= 11 is 0. The first kappa shape index (κ1) is 9.66. The molecule has 0 aliphatic heterocycles. The molecule has 74 valence electrons. The molecule has 0 aromatic heterocycles. The van der Waals surface area contributed by atoms with Crippen LogP contribution in [-0.4, -0.2) is 5.71 Å². The van der Waals surface area contributed by atoms with Crippen LogP contribution in [0.4, 0.5) is 0 Å². The Morgan fingerprint density at radius 1 is 1.07 bits per heavy atom. The van der Waals surface area contributed by atoms with Gasteiger partial charge in [0.2, 0.25) is 0 Å². The van der Waals surface area contributed by atoms with Gasteiger partial charge in [0.25, 0.3) is 0 Å². The van der Waals surface area contributed by atoms with E-state index in [0.29, 0.717) is 5.71 Å². The van der Waals surface area contributed by atoms with E-state index in [1.807, 2.05) is 42.5 Å². The summed E-state index contributed by atoms with van der Waals surface area (Å²) in [6, 6.07) is 10.1. The van der Waals surface area contributed by atoms with E-state index >= 15 is 0 Å². The monoisotopic (exact) mass is 195 g/mol. The normalized spacial score (nSPS) is 20.0. The smallest absolute Gasteiger partial charge is 0.0420 e. The summed E-state index contributed by atoms with van der Waals surface area (Å²) in [7, 11) is 0. The molecule has 0 fully saturated rings. The molecule has 0 saturated carbocycles. The Morgan fingerprint density at radius 2 is 1.87 bits per heavy atom. The van der Waals surface area contributed by atoms with Gasteiger partial charge in [-0.15, -0.1) is 0 Å². The molecule has 0 amide bonds. The van der Waals surface area contributed by atoms with Crippen molar-refractivity contribution < 1.29 is 0 Å². The highest BCUT2D eigenvalue weighted by molar-refractivity contribution is 5.98. The van der Waals surface area contributed by atoms with Crippen molar-refractivity contribution in [1.29, 1.82) is 5.41 Å². The molecule has 0 saturated heterocycles. The zero-order valence-corrected chi connectivity index (χ0v) is 8.43. The molecule has 1 nitrogen and oxygen atoms in total. The van der Waals surface area contributed by atoms with E-state index in [2.05, 4.69) is 24.3 Å². The van der Waals surface area contributed by atoms with Gasteiger partial charge in [0.1, 0.15) is 0 Å². The van der Waals surface area contributed by atoms with Crippen LogP contribution in [0.25, 0.3) is 6.08 Å². The molecule has 0 bridgehead atoms. The molecule has 1 aliphatic rings. The van der Waals surface area contributed by atoms with E-state index in [1.165, 1.54) is 5.56 Å². The molecule has 0 spiro atoms. The van der Waals surface area contributed by atoms with E-state index in [9.17, 15) is 0 Å². The summed E-state index contributed by atoms with van der Waals surface area (Å²) in [6.45, 7) is 0. The molecule has 1 aromatic rings. The van der Waals surface area contributed by atoms with Crippen molar-refractivity contribution in [2.24, 2.45) is 5.92 Å². The number of allylic oxidation sites excluding steroid dienone is 5. The quantitative estimate of drug-likeness (QED) is 0.747. The zero-order valence-electron chi connectivity index (χ0n) is 8.43. The maximum Gasteiger partial charge on any atom is 0.0420 e. The third-order valence-corrected chi connectivity index (χ3v) is 2.36. The van der Waals surface area contributed by atoms with Gasteiger partial charge in [0.15, 0.2) is 0 Å². The predicted octanol–water partition coefficient (Wildman–Crippen LogP) is 3.46. The molecule has 0 unspecified atom stereocenters. The van der Waals surface area contributed by atoms with Gasteiger partial charge in [-0.3, -0.25) is 0 Å². The standard InChI is InChI=1S/C14H13N/c15-14-9-5-4-8-13(14)11-10-12-6-2-1-3-7-12/h1-11,13,15H/b11-10-,15-14?/t13-/m0/s1. The maximum absolute atomic E-state index is 7.72. The number of hydrogen-bond donors (Lipinski definition) is 1. The second kappa shape index (κ2) is 4.56. The van der Waals surface area contributed by atoms with Crippen molar-refractivity contribution >= 4 is 11.8 Å². The van der Waals surface area contributed by atoms with Crippen molar-refractivity contribution in [2.45, 2.75) is 0 Å². The highest BCUT2D eigenvalue weighted by Crippen LogP contribution is 2.12. The first-order valence-corrected chi connectivity index (χ1v) is 5.03. The van der Waals surface area contributed by atoms with E-state index in [1.54, 1.807) is 0 Å². The van der Waals surface area contributed by atoms with Crippen LogP contribution in [0.15, 0.2) is 60.7 Å². The van der Waals surface area contributed by atoms with Crippen molar-refractivity contribution in [2.75, 3.05) is 0 Å². The van der Waals surface area contributed by atoms with Gasteiger partial charge >= 0.3 is 0 Å². The Morgan fingerprint density at radius 3 is 2.60 bits per heavy atom. The fourth-order valence-corrected chi connectivity index (χ4v) is 1.50. The number of nitrogens with one attached hydrogen (secondary N) is 1. The minimum Gasteiger partial charge on any atom is -0.304 e. The molecular formula is C14H13N. The van der Waals surface area contributed by atoms with Gasteiger partial charge in [-0.2, -0.15) is 0 Å². The number of rotatable bonds is 2. The molecule has 1 heteroatoms. The lowest BCUT2D eigenvalue weighted by Gasteiger charge is -2.08. The predicted molar refractivity (Wildman–Crippen MR) is 65.0 cm³/mol. The summed E-state index contributed by atoms with van der Waals surface area (Å²) in [5, 5.41) is 7.72. The van der Waals surface area contributed by atoms with Crippen LogP contribution in [-0.2, 0) is 0 Å². The van der Waals surface area contributed by atoms with Crippen molar-refractivity contribution in [1.82, 2.24) is 0 Å². The average Bonchev–Trinajstić information content (AvgIpc) is 2.29. The summed E-state index contributed by atoms with van der Waals surface area (Å²) < 4.78 is 0. The SMILES string of the molecule is N=C1C=CC=C[C@H]1/C=C\c1ccccc1. The third-order valence-electron chi connectivity index (χ3n) is 2.36. The Bertz CT molecular complexity index is 424. The van der Waals surface area contributed by atoms with Crippen LogP contribution in [0.2, 0.25) is 0 Å². The fourth-order valence-electron chi connectivity index (χ4n) is 1.50. The zero-order chi connectivity index (χ0) is 10.5. The lowest BCUT2D eigenvalue weighted by molar-refractivity contribution is 1.12. The molecule has 2 rings (SSSR count). The summed E-state index contributed by atoms with van der Waals surface area (Å²) in [6.07, 6.45) is 11.9. The molecule has 1 N–H and O–H groups in total. The fraction of sp³-hybridized carbons (Fsp3) is 0.0714. The largest absolute Gasteiger partial charge is 0.304 e. The van der Waals surface area contributed by atoms with Gasteiger partial charge in [-0.05, 0) is 11.6 Å². The first-order valence-electron chi connectivity index (χ1n) is 5.03. The highest BCUT2D eigenvalue weighted by atomic mass is 14.4. The van der Waals surface area contributed by atoms with Crippen LogP contribution < -0.4 is 0 Å². The molecule has 1 aliphatic carbocycles. The van der Waals surface area contributed by atoms with Crippen LogP contribution in [0.5, 0.6) is 0 Å². The minimum atomic E-state index is 0.121.